The maximum absolute atomic E-state index is 12.8. The standard InChI is InChI=1S/C13H12FNO2/c14-10-5-3-9(4-6-10)13(16)11-7-12(17-15-11)8-1-2-8/h3-8,13,16H,1-2H2. The lowest BCUT2D eigenvalue weighted by atomic mass is 10.1. The van der Waals surface area contributed by atoms with Crippen LogP contribution in [0.3, 0.4) is 0 Å². The Morgan fingerprint density at radius 1 is 1.29 bits per heavy atom. The minimum absolute atomic E-state index is 0.320. The SMILES string of the molecule is OC(c1ccc(F)cc1)c1cc(C2CC2)on1. The number of rotatable bonds is 3. The van der Waals surface area contributed by atoms with E-state index in [1.54, 1.807) is 18.2 Å². The largest absolute Gasteiger partial charge is 0.382 e. The third-order valence-corrected chi connectivity index (χ3v) is 2.99. The van der Waals surface area contributed by atoms with Crippen LogP contribution in [0.2, 0.25) is 0 Å². The quantitative estimate of drug-likeness (QED) is 0.886. The fourth-order valence-corrected chi connectivity index (χ4v) is 1.81. The van der Waals surface area contributed by atoms with Crippen LogP contribution in [0.15, 0.2) is 34.9 Å². The van der Waals surface area contributed by atoms with Crippen molar-refractivity contribution < 1.29 is 14.0 Å². The van der Waals surface area contributed by atoms with Crippen molar-refractivity contribution in [1.29, 1.82) is 0 Å². The molecule has 0 saturated heterocycles. The molecule has 0 spiro atoms. The molecule has 0 aliphatic heterocycles. The number of hydrogen-bond acceptors (Lipinski definition) is 3. The molecule has 4 heteroatoms. The van der Waals surface area contributed by atoms with Crippen LogP contribution < -0.4 is 0 Å². The molecule has 1 N–H and O–H groups in total. The summed E-state index contributed by atoms with van der Waals surface area (Å²) in [5.41, 5.74) is 1.10. The van der Waals surface area contributed by atoms with E-state index in [9.17, 15) is 9.50 Å². The van der Waals surface area contributed by atoms with Crippen molar-refractivity contribution in [3.8, 4) is 0 Å². The highest BCUT2D eigenvalue weighted by Crippen LogP contribution is 2.40. The molecule has 17 heavy (non-hydrogen) atoms. The first-order valence-corrected chi connectivity index (χ1v) is 5.64. The summed E-state index contributed by atoms with van der Waals surface area (Å²) in [6.45, 7) is 0. The lowest BCUT2D eigenvalue weighted by molar-refractivity contribution is 0.207. The van der Waals surface area contributed by atoms with Crippen molar-refractivity contribution >= 4 is 0 Å². The minimum atomic E-state index is -0.855. The van der Waals surface area contributed by atoms with E-state index in [4.69, 9.17) is 4.52 Å². The summed E-state index contributed by atoms with van der Waals surface area (Å²) in [6, 6.07) is 7.52. The Kier molecular flexibility index (Phi) is 2.44. The molecule has 3 nitrogen and oxygen atoms in total. The zero-order valence-electron chi connectivity index (χ0n) is 9.14. The summed E-state index contributed by atoms with van der Waals surface area (Å²) in [5, 5.41) is 13.9. The molecule has 1 aromatic carbocycles. The third-order valence-electron chi connectivity index (χ3n) is 2.99. The van der Waals surface area contributed by atoms with Gasteiger partial charge in [-0.1, -0.05) is 17.3 Å². The average molecular weight is 233 g/mol. The Morgan fingerprint density at radius 3 is 2.65 bits per heavy atom. The maximum Gasteiger partial charge on any atom is 0.140 e. The highest BCUT2D eigenvalue weighted by Gasteiger charge is 2.29. The Labute approximate surface area is 97.9 Å². The minimum Gasteiger partial charge on any atom is -0.382 e. The van der Waals surface area contributed by atoms with Gasteiger partial charge >= 0.3 is 0 Å². The number of halogens is 1. The van der Waals surface area contributed by atoms with Gasteiger partial charge in [-0.25, -0.2) is 4.39 Å². The number of aliphatic hydroxyl groups is 1. The second-order valence-electron chi connectivity index (χ2n) is 4.38. The average Bonchev–Trinajstić information content (AvgIpc) is 3.07. The van der Waals surface area contributed by atoms with Crippen molar-refractivity contribution in [1.82, 2.24) is 5.16 Å². The Bertz CT molecular complexity index is 516. The van der Waals surface area contributed by atoms with E-state index >= 15 is 0 Å². The van der Waals surface area contributed by atoms with Crippen LogP contribution in [0.5, 0.6) is 0 Å². The van der Waals surface area contributed by atoms with Crippen LogP contribution in [-0.2, 0) is 0 Å². The van der Waals surface area contributed by atoms with Gasteiger partial charge in [-0.2, -0.15) is 0 Å². The first-order valence-electron chi connectivity index (χ1n) is 5.64. The second kappa shape index (κ2) is 3.96. The van der Waals surface area contributed by atoms with Gasteiger partial charge in [0, 0.05) is 12.0 Å². The van der Waals surface area contributed by atoms with E-state index in [2.05, 4.69) is 5.16 Å². The van der Waals surface area contributed by atoms with Crippen molar-refractivity contribution in [3.05, 3.63) is 53.2 Å². The molecule has 1 saturated carbocycles. The summed E-state index contributed by atoms with van der Waals surface area (Å²) >= 11 is 0. The zero-order chi connectivity index (χ0) is 11.8. The van der Waals surface area contributed by atoms with E-state index < -0.39 is 6.10 Å². The first-order chi connectivity index (χ1) is 8.24. The molecule has 1 heterocycles. The molecule has 0 amide bonds. The summed E-state index contributed by atoms with van der Waals surface area (Å²) < 4.78 is 17.9. The van der Waals surface area contributed by atoms with Crippen LogP contribution in [0, 0.1) is 5.82 Å². The van der Waals surface area contributed by atoms with E-state index in [1.165, 1.54) is 12.1 Å². The predicted octanol–water partition coefficient (Wildman–Crippen LogP) is 2.77. The van der Waals surface area contributed by atoms with Gasteiger partial charge in [-0.15, -0.1) is 0 Å². The molecule has 2 aromatic rings. The van der Waals surface area contributed by atoms with Crippen molar-refractivity contribution in [3.63, 3.8) is 0 Å². The highest BCUT2D eigenvalue weighted by atomic mass is 19.1. The Morgan fingerprint density at radius 2 is 2.00 bits per heavy atom. The van der Waals surface area contributed by atoms with Gasteiger partial charge in [0.15, 0.2) is 0 Å². The molecule has 1 aromatic heterocycles. The molecule has 3 rings (SSSR count). The first kappa shape index (κ1) is 10.5. The lowest BCUT2D eigenvalue weighted by Crippen LogP contribution is -1.99. The zero-order valence-corrected chi connectivity index (χ0v) is 9.14. The maximum atomic E-state index is 12.8. The topological polar surface area (TPSA) is 46.3 Å². The Hall–Kier alpha value is -1.68. The predicted molar refractivity (Wildman–Crippen MR) is 58.9 cm³/mol. The molecule has 1 aliphatic carbocycles. The van der Waals surface area contributed by atoms with Crippen LogP contribution in [0.1, 0.15) is 41.9 Å². The summed E-state index contributed by atoms with van der Waals surface area (Å²) in [5.74, 6) is 0.984. The van der Waals surface area contributed by atoms with Crippen LogP contribution in [-0.4, -0.2) is 10.3 Å². The molecular weight excluding hydrogens is 221 g/mol. The molecule has 1 fully saturated rings. The molecule has 88 valence electrons. The molecule has 0 bridgehead atoms. The number of aliphatic hydroxyl groups excluding tert-OH is 1. The van der Waals surface area contributed by atoms with Gasteiger partial charge in [0.1, 0.15) is 23.4 Å². The van der Waals surface area contributed by atoms with Gasteiger partial charge in [-0.3, -0.25) is 0 Å². The normalized spacial score (nSPS) is 17.1. The lowest BCUT2D eigenvalue weighted by Gasteiger charge is -2.06. The fraction of sp³-hybridized carbons (Fsp3) is 0.308. The van der Waals surface area contributed by atoms with Crippen molar-refractivity contribution in [2.45, 2.75) is 24.9 Å². The van der Waals surface area contributed by atoms with Gasteiger partial charge in [0.05, 0.1) is 0 Å². The van der Waals surface area contributed by atoms with Crippen LogP contribution in [0.25, 0.3) is 0 Å². The van der Waals surface area contributed by atoms with Crippen LogP contribution >= 0.6 is 0 Å². The smallest absolute Gasteiger partial charge is 0.140 e. The number of nitrogens with zero attached hydrogens (tertiary/aromatic N) is 1. The number of hydrogen-bond donors (Lipinski definition) is 1. The molecule has 0 radical (unpaired) electrons. The summed E-state index contributed by atoms with van der Waals surface area (Å²) in [4.78, 5) is 0. The third kappa shape index (κ3) is 2.08. The summed E-state index contributed by atoms with van der Waals surface area (Å²) in [6.07, 6.45) is 1.40. The monoisotopic (exact) mass is 233 g/mol. The molecule has 1 atom stereocenters. The second-order valence-corrected chi connectivity index (χ2v) is 4.38. The molecular formula is C13H12FNO2. The van der Waals surface area contributed by atoms with Crippen LogP contribution in [0.4, 0.5) is 4.39 Å². The van der Waals surface area contributed by atoms with Gasteiger partial charge in [-0.05, 0) is 30.5 Å². The van der Waals surface area contributed by atoms with Gasteiger partial charge in [0.25, 0.3) is 0 Å². The molecule has 1 unspecified atom stereocenters. The van der Waals surface area contributed by atoms with E-state index in [0.29, 0.717) is 17.2 Å². The number of aromatic nitrogens is 1. The summed E-state index contributed by atoms with van der Waals surface area (Å²) in [7, 11) is 0. The van der Waals surface area contributed by atoms with Gasteiger partial charge in [0.2, 0.25) is 0 Å². The van der Waals surface area contributed by atoms with E-state index in [0.717, 1.165) is 18.6 Å². The van der Waals surface area contributed by atoms with E-state index in [1.807, 2.05) is 0 Å². The van der Waals surface area contributed by atoms with Crippen molar-refractivity contribution in [2.24, 2.45) is 0 Å². The molecule has 1 aliphatic rings. The Balaban J connectivity index is 1.84. The number of benzene rings is 1. The highest BCUT2D eigenvalue weighted by molar-refractivity contribution is 5.27. The van der Waals surface area contributed by atoms with Crippen molar-refractivity contribution in [2.75, 3.05) is 0 Å². The van der Waals surface area contributed by atoms with Gasteiger partial charge < -0.3 is 9.63 Å². The fourth-order valence-electron chi connectivity index (χ4n) is 1.81. The van der Waals surface area contributed by atoms with E-state index in [-0.39, 0.29) is 5.82 Å².